The molecule has 0 spiro atoms. The van der Waals surface area contributed by atoms with Crippen LogP contribution in [0, 0.1) is 0 Å². The highest BCUT2D eigenvalue weighted by Crippen LogP contribution is 2.20. The van der Waals surface area contributed by atoms with Crippen molar-refractivity contribution in [1.29, 1.82) is 0 Å². The average Bonchev–Trinajstić information content (AvgIpc) is 3.35. The predicted molar refractivity (Wildman–Crippen MR) is 272 cm³/mol. The summed E-state index contributed by atoms with van der Waals surface area (Å²) in [4.78, 5) is 29.4. The van der Waals surface area contributed by atoms with E-state index in [0.717, 1.165) is 122 Å². The lowest BCUT2D eigenvalue weighted by molar-refractivity contribution is 0.178. The number of hydrogen-bond donors (Lipinski definition) is 2. The van der Waals surface area contributed by atoms with Gasteiger partial charge in [0, 0.05) is 79.3 Å². The zero-order valence-corrected chi connectivity index (χ0v) is 37.8. The smallest absolute Gasteiger partial charge is 0.0705 e. The van der Waals surface area contributed by atoms with Crippen molar-refractivity contribution in [3.63, 3.8) is 0 Å². The number of benzene rings is 5. The van der Waals surface area contributed by atoms with Crippen LogP contribution in [0.2, 0.25) is 0 Å². The fourth-order valence-corrected chi connectivity index (χ4v) is 7.74. The lowest BCUT2D eigenvalue weighted by atomic mass is 10.1. The first kappa shape index (κ1) is 46.6. The first-order valence-electron chi connectivity index (χ1n) is 21.7. The maximum absolute atomic E-state index is 5.66. The summed E-state index contributed by atoms with van der Waals surface area (Å²) in [5.41, 5.74) is 20.0. The third kappa shape index (κ3) is 12.9. The minimum atomic E-state index is 0. The highest BCUT2D eigenvalue weighted by atomic mass is 35.5. The van der Waals surface area contributed by atoms with Crippen molar-refractivity contribution in [3.8, 4) is 0 Å². The molecule has 0 aliphatic heterocycles. The summed E-state index contributed by atoms with van der Waals surface area (Å²) in [5.74, 6) is 0.477. The Labute approximate surface area is 391 Å². The molecule has 65 heavy (non-hydrogen) atoms. The van der Waals surface area contributed by atoms with E-state index in [1.807, 2.05) is 36.4 Å². The van der Waals surface area contributed by atoms with Crippen LogP contribution in [0.15, 0.2) is 182 Å². The molecule has 0 aliphatic carbocycles. The van der Waals surface area contributed by atoms with E-state index in [0.29, 0.717) is 19.0 Å². The number of aromatic nitrogens is 5. The van der Waals surface area contributed by atoms with Gasteiger partial charge >= 0.3 is 0 Å². The van der Waals surface area contributed by atoms with Crippen LogP contribution < -0.4 is 11.5 Å². The molecule has 0 bridgehead atoms. The van der Waals surface area contributed by atoms with Crippen molar-refractivity contribution in [2.24, 2.45) is 11.5 Å². The van der Waals surface area contributed by atoms with Gasteiger partial charge < -0.3 is 11.5 Å². The van der Waals surface area contributed by atoms with Crippen molar-refractivity contribution in [2.75, 3.05) is 26.2 Å². The van der Waals surface area contributed by atoms with Crippen molar-refractivity contribution in [2.45, 2.75) is 32.1 Å². The lowest BCUT2D eigenvalue weighted by Crippen LogP contribution is -2.35. The second-order valence-corrected chi connectivity index (χ2v) is 15.9. The molecule has 0 unspecified atom stereocenters. The molecule has 11 heteroatoms. The standard InChI is InChI=1S/C42H36N6.C10H8ClN.C2H8N2.ClH/c1-5-13-39-31(9-1)17-21-35(43-39)27-47(28-36-22-18-32-10-2-6-14-40(32)44-36)25-26-48(29-37-23-19-33-11-3-7-15-41(33)45-37)30-38-24-20-34-12-4-8-16-42(34)46-38;11-7-9-6-5-8-3-1-2-4-10(8)12-9;3-1-2-4;/h1-24H,25-30H2;1-6H,7H2;1-4H2;1H. The third-order valence-electron chi connectivity index (χ3n) is 10.9. The van der Waals surface area contributed by atoms with Crippen LogP contribution in [0.25, 0.3) is 54.5 Å². The Bertz CT molecular complexity index is 2760. The largest absolute Gasteiger partial charge is 0.329 e. The van der Waals surface area contributed by atoms with Crippen LogP contribution in [-0.2, 0) is 32.1 Å². The Hall–Kier alpha value is -6.43. The van der Waals surface area contributed by atoms with Gasteiger partial charge in [0.25, 0.3) is 0 Å². The fourth-order valence-electron chi connectivity index (χ4n) is 7.60. The van der Waals surface area contributed by atoms with Crippen LogP contribution in [-0.4, -0.2) is 60.9 Å². The van der Waals surface area contributed by atoms with E-state index in [2.05, 4.69) is 160 Å². The molecule has 10 rings (SSSR count). The van der Waals surface area contributed by atoms with Gasteiger partial charge in [-0.2, -0.15) is 0 Å². The number of nitrogens with zero attached hydrogens (tertiary/aromatic N) is 7. The summed E-state index contributed by atoms with van der Waals surface area (Å²) < 4.78 is 0. The summed E-state index contributed by atoms with van der Waals surface area (Å²) in [5, 5.41) is 5.77. The number of hydrogen-bond acceptors (Lipinski definition) is 9. The maximum atomic E-state index is 5.66. The number of rotatable bonds is 13. The molecule has 328 valence electrons. The molecule has 10 aromatic rings. The Balaban J connectivity index is 0.000000313. The summed E-state index contributed by atoms with van der Waals surface area (Å²) in [7, 11) is 0. The fraction of sp³-hybridized carbons (Fsp3) is 0.167. The molecule has 0 fully saturated rings. The molecule has 0 saturated carbocycles. The van der Waals surface area contributed by atoms with Crippen LogP contribution in [0.4, 0.5) is 0 Å². The topological polar surface area (TPSA) is 123 Å². The number of pyridine rings is 5. The quantitative estimate of drug-likeness (QED) is 0.109. The molecule has 0 saturated heterocycles. The van der Waals surface area contributed by atoms with Gasteiger partial charge in [0.05, 0.1) is 61.9 Å². The predicted octanol–water partition coefficient (Wildman–Crippen LogP) is 10.9. The van der Waals surface area contributed by atoms with E-state index in [9.17, 15) is 0 Å². The van der Waals surface area contributed by atoms with Crippen LogP contribution in [0.3, 0.4) is 0 Å². The van der Waals surface area contributed by atoms with Gasteiger partial charge in [-0.1, -0.05) is 121 Å². The number of alkyl halides is 1. The summed E-state index contributed by atoms with van der Waals surface area (Å²) in [6, 6.07) is 62.6. The second-order valence-electron chi connectivity index (χ2n) is 15.6. The first-order chi connectivity index (χ1) is 31.5. The molecule has 4 N–H and O–H groups in total. The molecule has 0 atom stereocenters. The van der Waals surface area contributed by atoms with Gasteiger partial charge in [-0.25, -0.2) is 0 Å². The van der Waals surface area contributed by atoms with Gasteiger partial charge in [-0.15, -0.1) is 24.0 Å². The minimum absolute atomic E-state index is 0. The number of nitrogens with two attached hydrogens (primary N) is 2. The van der Waals surface area contributed by atoms with E-state index >= 15 is 0 Å². The maximum Gasteiger partial charge on any atom is 0.0705 e. The van der Waals surface area contributed by atoms with Crippen LogP contribution >= 0.6 is 24.0 Å². The monoisotopic (exact) mass is 897 g/mol. The van der Waals surface area contributed by atoms with Crippen LogP contribution in [0.5, 0.6) is 0 Å². The molecular formula is C54H53Cl2N9. The van der Waals surface area contributed by atoms with E-state index in [4.69, 9.17) is 43.0 Å². The normalized spacial score (nSPS) is 11.1. The zero-order chi connectivity index (χ0) is 43.9. The SMILES string of the molecule is Cl.ClCc1ccc2ccccc2n1.NCCN.c1ccc2nc(CN(CCN(Cc3ccc4ccccc4n3)Cc3ccc4ccccc4n3)Cc3ccc4ccccc4n3)ccc2c1. The minimum Gasteiger partial charge on any atom is -0.329 e. The van der Waals surface area contributed by atoms with E-state index in [1.54, 1.807) is 0 Å². The number of fused-ring (bicyclic) bond motifs is 5. The van der Waals surface area contributed by atoms with Gasteiger partial charge in [0.15, 0.2) is 0 Å². The van der Waals surface area contributed by atoms with Crippen molar-refractivity contribution >= 4 is 78.5 Å². The summed E-state index contributed by atoms with van der Waals surface area (Å²) in [6.45, 7) is 5.71. The second kappa shape index (κ2) is 23.5. The molecule has 5 heterocycles. The molecule has 9 nitrogen and oxygen atoms in total. The van der Waals surface area contributed by atoms with Crippen molar-refractivity contribution in [1.82, 2.24) is 34.7 Å². The summed E-state index contributed by atoms with van der Waals surface area (Å²) in [6.07, 6.45) is 0. The molecule has 0 amide bonds. The van der Waals surface area contributed by atoms with Gasteiger partial charge in [-0.3, -0.25) is 34.7 Å². The first-order valence-corrected chi connectivity index (χ1v) is 22.2. The molecular weight excluding hydrogens is 846 g/mol. The molecule has 5 aromatic heterocycles. The van der Waals surface area contributed by atoms with E-state index < -0.39 is 0 Å². The number of halogens is 2. The lowest BCUT2D eigenvalue weighted by Gasteiger charge is -2.27. The highest BCUT2D eigenvalue weighted by Gasteiger charge is 2.16. The summed E-state index contributed by atoms with van der Waals surface area (Å²) >= 11 is 5.66. The third-order valence-corrected chi connectivity index (χ3v) is 11.1. The molecule has 0 aliphatic rings. The van der Waals surface area contributed by atoms with Crippen molar-refractivity contribution < 1.29 is 0 Å². The zero-order valence-electron chi connectivity index (χ0n) is 36.3. The van der Waals surface area contributed by atoms with Gasteiger partial charge in [-0.05, 0) is 60.7 Å². The Morgan fingerprint density at radius 2 is 0.554 bits per heavy atom. The van der Waals surface area contributed by atoms with Crippen molar-refractivity contribution in [3.05, 3.63) is 210 Å². The Kier molecular flexibility index (Phi) is 16.8. The van der Waals surface area contributed by atoms with Crippen LogP contribution in [0.1, 0.15) is 28.5 Å². The average molecular weight is 899 g/mol. The van der Waals surface area contributed by atoms with Gasteiger partial charge in [0.1, 0.15) is 0 Å². The Morgan fingerprint density at radius 3 is 0.800 bits per heavy atom. The Morgan fingerprint density at radius 1 is 0.323 bits per heavy atom. The molecule has 0 radical (unpaired) electrons. The molecule has 5 aromatic carbocycles. The highest BCUT2D eigenvalue weighted by molar-refractivity contribution is 6.17. The number of para-hydroxylation sites is 5. The van der Waals surface area contributed by atoms with E-state index in [-0.39, 0.29) is 12.4 Å². The van der Waals surface area contributed by atoms with E-state index in [1.165, 1.54) is 0 Å². The van der Waals surface area contributed by atoms with Gasteiger partial charge in [0.2, 0.25) is 0 Å².